The number of pyridine rings is 1. The van der Waals surface area contributed by atoms with Gasteiger partial charge in [0, 0.05) is 21.6 Å². The number of hydrogen-bond donors (Lipinski definition) is 0. The van der Waals surface area contributed by atoms with Crippen molar-refractivity contribution in [3.05, 3.63) is 40.5 Å². The van der Waals surface area contributed by atoms with Crippen LogP contribution in [0.4, 0.5) is 0 Å². The molecule has 86 valence electrons. The van der Waals surface area contributed by atoms with E-state index in [-0.39, 0.29) is 18.9 Å². The van der Waals surface area contributed by atoms with Crippen LogP contribution in [0.15, 0.2) is 34.9 Å². The molecular formula is C12H8BrNO3. The van der Waals surface area contributed by atoms with E-state index < -0.39 is 0 Å². The fourth-order valence-corrected chi connectivity index (χ4v) is 1.90. The zero-order valence-electron chi connectivity index (χ0n) is 8.72. The van der Waals surface area contributed by atoms with Crippen molar-refractivity contribution in [1.29, 1.82) is 0 Å². The zero-order valence-corrected chi connectivity index (χ0v) is 10.3. The molecule has 0 bridgehead atoms. The van der Waals surface area contributed by atoms with Gasteiger partial charge in [0.1, 0.15) is 0 Å². The molecule has 0 N–H and O–H groups in total. The van der Waals surface area contributed by atoms with E-state index in [2.05, 4.69) is 25.7 Å². The Bertz CT molecular complexity index is 583. The first kappa shape index (κ1) is 11.7. The van der Waals surface area contributed by atoms with Crippen LogP contribution in [-0.2, 0) is 9.53 Å². The molecule has 1 heterocycles. The number of halogens is 1. The largest absolute Gasteiger partial charge is 0.459 e. The molecule has 1 aromatic carbocycles. The first-order chi connectivity index (χ1) is 8.22. The smallest absolute Gasteiger partial charge is 0.293 e. The SMILES string of the molecule is O=COCC(=O)c1ccnc2cc(Br)ccc12. The number of ketones is 1. The molecule has 4 nitrogen and oxygen atoms in total. The molecule has 0 spiro atoms. The third-order valence-electron chi connectivity index (χ3n) is 2.29. The molecule has 5 heteroatoms. The lowest BCUT2D eigenvalue weighted by atomic mass is 10.1. The molecule has 0 aliphatic rings. The number of rotatable bonds is 4. The Balaban J connectivity index is 2.47. The first-order valence-electron chi connectivity index (χ1n) is 4.85. The topological polar surface area (TPSA) is 56.3 Å². The number of nitrogens with zero attached hydrogens (tertiary/aromatic N) is 1. The van der Waals surface area contributed by atoms with Gasteiger partial charge in [0.25, 0.3) is 6.47 Å². The molecule has 0 fully saturated rings. The summed E-state index contributed by atoms with van der Waals surface area (Å²) in [6, 6.07) is 7.08. The minimum Gasteiger partial charge on any atom is -0.459 e. The van der Waals surface area contributed by atoms with E-state index in [0.29, 0.717) is 5.56 Å². The maximum absolute atomic E-state index is 11.8. The normalized spacial score (nSPS) is 10.2. The van der Waals surface area contributed by atoms with Gasteiger partial charge in [-0.3, -0.25) is 14.6 Å². The highest BCUT2D eigenvalue weighted by molar-refractivity contribution is 9.10. The van der Waals surface area contributed by atoms with Crippen LogP contribution in [0.3, 0.4) is 0 Å². The average molecular weight is 294 g/mol. The second kappa shape index (κ2) is 5.05. The van der Waals surface area contributed by atoms with Crippen molar-refractivity contribution in [2.24, 2.45) is 0 Å². The summed E-state index contributed by atoms with van der Waals surface area (Å²) >= 11 is 3.34. The van der Waals surface area contributed by atoms with Gasteiger partial charge in [-0.05, 0) is 18.2 Å². The van der Waals surface area contributed by atoms with E-state index in [1.807, 2.05) is 12.1 Å². The molecule has 0 amide bonds. The predicted octanol–water partition coefficient (Wildman–Crippen LogP) is 2.35. The molecule has 17 heavy (non-hydrogen) atoms. The molecule has 0 atom stereocenters. The number of ether oxygens (including phenoxy) is 1. The van der Waals surface area contributed by atoms with E-state index in [9.17, 15) is 9.59 Å². The number of carbonyl (C=O) groups excluding carboxylic acids is 2. The third-order valence-corrected chi connectivity index (χ3v) is 2.78. The van der Waals surface area contributed by atoms with Crippen molar-refractivity contribution in [3.8, 4) is 0 Å². The number of carbonyl (C=O) groups is 2. The van der Waals surface area contributed by atoms with Gasteiger partial charge < -0.3 is 4.74 Å². The summed E-state index contributed by atoms with van der Waals surface area (Å²) in [4.78, 5) is 26.0. The van der Waals surface area contributed by atoms with Crippen molar-refractivity contribution in [1.82, 2.24) is 4.98 Å². The highest BCUT2D eigenvalue weighted by atomic mass is 79.9. The monoisotopic (exact) mass is 293 g/mol. The summed E-state index contributed by atoms with van der Waals surface area (Å²) in [5.41, 5.74) is 1.22. The van der Waals surface area contributed by atoms with E-state index in [0.717, 1.165) is 15.4 Å². The molecule has 0 radical (unpaired) electrons. The van der Waals surface area contributed by atoms with E-state index >= 15 is 0 Å². The summed E-state index contributed by atoms with van der Waals surface area (Å²) in [6.07, 6.45) is 1.56. The third kappa shape index (κ3) is 2.50. The molecule has 0 saturated heterocycles. The fraction of sp³-hybridized carbons (Fsp3) is 0.0833. The number of benzene rings is 1. The lowest BCUT2D eigenvalue weighted by Gasteiger charge is -2.04. The lowest BCUT2D eigenvalue weighted by molar-refractivity contribution is -0.127. The minimum absolute atomic E-state index is 0.244. The van der Waals surface area contributed by atoms with Crippen molar-refractivity contribution in [2.75, 3.05) is 6.61 Å². The standard InChI is InChI=1S/C12H8BrNO3/c13-8-1-2-9-10(12(16)6-17-7-15)3-4-14-11(9)5-8/h1-5,7H,6H2. The van der Waals surface area contributed by atoms with Crippen molar-refractivity contribution in [3.63, 3.8) is 0 Å². The molecule has 0 aliphatic carbocycles. The predicted molar refractivity (Wildman–Crippen MR) is 65.8 cm³/mol. The van der Waals surface area contributed by atoms with Crippen LogP contribution in [0.1, 0.15) is 10.4 Å². The quantitative estimate of drug-likeness (QED) is 0.641. The van der Waals surface area contributed by atoms with Crippen LogP contribution in [0, 0.1) is 0 Å². The van der Waals surface area contributed by atoms with Crippen LogP contribution in [-0.4, -0.2) is 23.8 Å². The molecule has 2 rings (SSSR count). The van der Waals surface area contributed by atoms with Crippen molar-refractivity contribution in [2.45, 2.75) is 0 Å². The van der Waals surface area contributed by atoms with Gasteiger partial charge in [-0.25, -0.2) is 0 Å². The first-order valence-corrected chi connectivity index (χ1v) is 5.64. The van der Waals surface area contributed by atoms with Gasteiger partial charge in [0.2, 0.25) is 5.78 Å². The summed E-state index contributed by atoms with van der Waals surface area (Å²) in [6.45, 7) is 0.0105. The summed E-state index contributed by atoms with van der Waals surface area (Å²) in [5.74, 6) is -0.244. The fourth-order valence-electron chi connectivity index (χ4n) is 1.55. The van der Waals surface area contributed by atoms with Crippen LogP contribution in [0.2, 0.25) is 0 Å². The average Bonchev–Trinajstić information content (AvgIpc) is 2.34. The van der Waals surface area contributed by atoms with Gasteiger partial charge >= 0.3 is 0 Å². The number of aromatic nitrogens is 1. The minimum atomic E-state index is -0.251. The van der Waals surface area contributed by atoms with Crippen LogP contribution in [0.5, 0.6) is 0 Å². The van der Waals surface area contributed by atoms with Gasteiger partial charge in [-0.2, -0.15) is 0 Å². The van der Waals surface area contributed by atoms with Crippen LogP contribution >= 0.6 is 15.9 Å². The Morgan fingerprint density at radius 2 is 2.24 bits per heavy atom. The molecule has 0 saturated carbocycles. The van der Waals surface area contributed by atoms with E-state index in [1.54, 1.807) is 18.3 Å². The van der Waals surface area contributed by atoms with Gasteiger partial charge in [-0.1, -0.05) is 22.0 Å². The second-order valence-electron chi connectivity index (χ2n) is 3.35. The molecule has 0 unspecified atom stereocenters. The lowest BCUT2D eigenvalue weighted by Crippen LogP contribution is -2.09. The summed E-state index contributed by atoms with van der Waals surface area (Å²) in [5, 5.41) is 0.746. The molecule has 2 aromatic rings. The summed E-state index contributed by atoms with van der Waals surface area (Å²) < 4.78 is 5.36. The Hall–Kier alpha value is -1.75. The maximum Gasteiger partial charge on any atom is 0.293 e. The summed E-state index contributed by atoms with van der Waals surface area (Å²) in [7, 11) is 0. The van der Waals surface area contributed by atoms with E-state index in [4.69, 9.17) is 0 Å². The highest BCUT2D eigenvalue weighted by Crippen LogP contribution is 2.21. The number of Topliss-reactive ketones (excluding diaryl/α,β-unsaturated/α-hetero) is 1. The van der Waals surface area contributed by atoms with Crippen LogP contribution < -0.4 is 0 Å². The van der Waals surface area contributed by atoms with Gasteiger partial charge in [0.05, 0.1) is 5.52 Å². The van der Waals surface area contributed by atoms with Gasteiger partial charge in [0.15, 0.2) is 6.61 Å². The Labute approximate surface area is 106 Å². The molecular weight excluding hydrogens is 286 g/mol. The number of hydrogen-bond acceptors (Lipinski definition) is 4. The Kier molecular flexibility index (Phi) is 3.49. The zero-order chi connectivity index (χ0) is 12.3. The Morgan fingerprint density at radius 3 is 3.00 bits per heavy atom. The van der Waals surface area contributed by atoms with Crippen molar-refractivity contribution >= 4 is 39.1 Å². The molecule has 0 aliphatic heterocycles. The van der Waals surface area contributed by atoms with E-state index in [1.165, 1.54) is 0 Å². The molecule has 1 aromatic heterocycles. The van der Waals surface area contributed by atoms with Crippen LogP contribution in [0.25, 0.3) is 10.9 Å². The van der Waals surface area contributed by atoms with Crippen molar-refractivity contribution < 1.29 is 14.3 Å². The Morgan fingerprint density at radius 1 is 1.41 bits per heavy atom. The number of fused-ring (bicyclic) bond motifs is 1. The highest BCUT2D eigenvalue weighted by Gasteiger charge is 2.10. The second-order valence-corrected chi connectivity index (χ2v) is 4.27. The van der Waals surface area contributed by atoms with Gasteiger partial charge in [-0.15, -0.1) is 0 Å². The maximum atomic E-state index is 11.8.